The fourth-order valence-corrected chi connectivity index (χ4v) is 1.72. The van der Waals surface area contributed by atoms with E-state index in [9.17, 15) is 9.59 Å². The molecule has 0 saturated carbocycles. The van der Waals surface area contributed by atoms with Crippen LogP contribution in [0.3, 0.4) is 0 Å². The van der Waals surface area contributed by atoms with Crippen molar-refractivity contribution in [2.45, 2.75) is 32.9 Å². The minimum absolute atomic E-state index is 0.0539. The fourth-order valence-electron chi connectivity index (χ4n) is 1.72. The van der Waals surface area contributed by atoms with Crippen LogP contribution in [0.1, 0.15) is 32.4 Å². The number of rotatable bonds is 5. The normalized spacial score (nSPS) is 12.1. The van der Waals surface area contributed by atoms with E-state index in [2.05, 4.69) is 5.32 Å². The molecule has 20 heavy (non-hydrogen) atoms. The number of amides is 3. The third-order valence-corrected chi connectivity index (χ3v) is 2.90. The van der Waals surface area contributed by atoms with Crippen LogP contribution in [0.25, 0.3) is 0 Å². The zero-order valence-electron chi connectivity index (χ0n) is 12.1. The number of hydrogen-bond acceptors (Lipinski definition) is 3. The Balaban J connectivity index is 2.75. The third-order valence-electron chi connectivity index (χ3n) is 2.90. The number of anilines is 1. The summed E-state index contributed by atoms with van der Waals surface area (Å²) >= 11 is 0. The lowest BCUT2D eigenvalue weighted by Crippen LogP contribution is -2.44. The van der Waals surface area contributed by atoms with Crippen LogP contribution in [0.4, 0.5) is 10.5 Å². The van der Waals surface area contributed by atoms with Crippen molar-refractivity contribution in [2.24, 2.45) is 11.5 Å². The van der Waals surface area contributed by atoms with Crippen molar-refractivity contribution in [3.05, 3.63) is 29.8 Å². The molecule has 0 saturated heterocycles. The highest BCUT2D eigenvalue weighted by Crippen LogP contribution is 2.15. The maximum absolute atomic E-state index is 12.1. The number of nitrogens with zero attached hydrogens (tertiary/aromatic N) is 1. The smallest absolute Gasteiger partial charge is 0.322 e. The molecule has 5 N–H and O–H groups in total. The van der Waals surface area contributed by atoms with E-state index in [1.54, 1.807) is 12.1 Å². The van der Waals surface area contributed by atoms with Crippen LogP contribution in [-0.2, 0) is 4.79 Å². The number of urea groups is 1. The second-order valence-corrected chi connectivity index (χ2v) is 5.03. The summed E-state index contributed by atoms with van der Waals surface area (Å²) in [5.41, 5.74) is 12.5. The molecule has 0 aliphatic carbocycles. The van der Waals surface area contributed by atoms with Crippen molar-refractivity contribution in [3.63, 3.8) is 0 Å². The molecule has 1 aromatic carbocycles. The monoisotopic (exact) mass is 278 g/mol. The molecule has 0 spiro atoms. The lowest BCUT2D eigenvalue weighted by molar-refractivity contribution is -0.118. The van der Waals surface area contributed by atoms with Gasteiger partial charge < -0.3 is 21.7 Å². The average molecular weight is 278 g/mol. The van der Waals surface area contributed by atoms with Crippen molar-refractivity contribution in [1.29, 1.82) is 0 Å². The van der Waals surface area contributed by atoms with E-state index in [0.717, 1.165) is 5.56 Å². The number of nitrogens with one attached hydrogen (secondary N) is 1. The summed E-state index contributed by atoms with van der Waals surface area (Å²) in [5, 5.41) is 2.73. The second-order valence-electron chi connectivity index (χ2n) is 5.03. The molecule has 0 radical (unpaired) electrons. The molecule has 6 nitrogen and oxygen atoms in total. The van der Waals surface area contributed by atoms with E-state index in [0.29, 0.717) is 5.69 Å². The molecule has 6 heteroatoms. The largest absolute Gasteiger partial charge is 0.368 e. The predicted molar refractivity (Wildman–Crippen MR) is 79.1 cm³/mol. The summed E-state index contributed by atoms with van der Waals surface area (Å²) in [5.74, 6) is -0.541. The molecule has 0 fully saturated rings. The Kier molecular flexibility index (Phi) is 5.52. The maximum atomic E-state index is 12.1. The zero-order chi connectivity index (χ0) is 15.3. The molecule has 0 aromatic heterocycles. The molecule has 1 rings (SSSR count). The first-order valence-corrected chi connectivity index (χ1v) is 6.52. The van der Waals surface area contributed by atoms with E-state index in [1.807, 2.05) is 32.9 Å². The summed E-state index contributed by atoms with van der Waals surface area (Å²) in [4.78, 5) is 24.4. The van der Waals surface area contributed by atoms with Crippen molar-refractivity contribution >= 4 is 17.6 Å². The van der Waals surface area contributed by atoms with Crippen molar-refractivity contribution in [3.8, 4) is 0 Å². The Hall–Kier alpha value is -2.08. The Morgan fingerprint density at radius 3 is 2.15 bits per heavy atom. The van der Waals surface area contributed by atoms with Crippen LogP contribution in [0.5, 0.6) is 0 Å². The molecular weight excluding hydrogens is 256 g/mol. The fraction of sp³-hybridized carbons (Fsp3) is 0.429. The van der Waals surface area contributed by atoms with Crippen LogP contribution in [0.15, 0.2) is 24.3 Å². The minimum atomic E-state index is -0.541. The van der Waals surface area contributed by atoms with E-state index in [4.69, 9.17) is 11.5 Å². The quantitative estimate of drug-likeness (QED) is 0.759. The lowest BCUT2D eigenvalue weighted by atomic mass is 10.1. The van der Waals surface area contributed by atoms with Crippen LogP contribution >= 0.6 is 0 Å². The lowest BCUT2D eigenvalue weighted by Gasteiger charge is -2.25. The maximum Gasteiger partial charge on any atom is 0.322 e. The SMILES string of the molecule is CC(N)c1ccc(NC(=O)N(CC(N)=O)C(C)C)cc1. The van der Waals surface area contributed by atoms with Crippen LogP contribution in [-0.4, -0.2) is 29.4 Å². The first-order chi connectivity index (χ1) is 9.31. The number of nitrogens with two attached hydrogens (primary N) is 2. The molecule has 1 unspecified atom stereocenters. The van der Waals surface area contributed by atoms with Gasteiger partial charge in [-0.25, -0.2) is 4.79 Å². The van der Waals surface area contributed by atoms with Crippen LogP contribution < -0.4 is 16.8 Å². The van der Waals surface area contributed by atoms with Crippen molar-refractivity contribution in [2.75, 3.05) is 11.9 Å². The average Bonchev–Trinajstić information content (AvgIpc) is 2.35. The summed E-state index contributed by atoms with van der Waals surface area (Å²) < 4.78 is 0. The van der Waals surface area contributed by atoms with Gasteiger partial charge in [-0.15, -0.1) is 0 Å². The third kappa shape index (κ3) is 4.55. The highest BCUT2D eigenvalue weighted by Gasteiger charge is 2.18. The van der Waals surface area contributed by atoms with Crippen molar-refractivity contribution in [1.82, 2.24) is 4.90 Å². The Morgan fingerprint density at radius 1 is 1.20 bits per heavy atom. The number of primary amides is 1. The molecule has 1 atom stereocenters. The number of carbonyl (C=O) groups excluding carboxylic acids is 2. The van der Waals surface area contributed by atoms with E-state index in [-0.39, 0.29) is 24.7 Å². The summed E-state index contributed by atoms with van der Waals surface area (Å²) in [6.07, 6.45) is 0. The van der Waals surface area contributed by atoms with Gasteiger partial charge in [-0.2, -0.15) is 0 Å². The Bertz CT molecular complexity index is 469. The number of benzene rings is 1. The van der Waals surface area contributed by atoms with Gasteiger partial charge in [0.05, 0.1) is 0 Å². The standard InChI is InChI=1S/C14H22N4O2/c1-9(2)18(8-13(16)19)14(20)17-12-6-4-11(5-7-12)10(3)15/h4-7,9-10H,8,15H2,1-3H3,(H2,16,19)(H,17,20). The highest BCUT2D eigenvalue weighted by atomic mass is 16.2. The molecule has 0 aliphatic heterocycles. The van der Waals surface area contributed by atoms with Crippen LogP contribution in [0, 0.1) is 0 Å². The molecular formula is C14H22N4O2. The topological polar surface area (TPSA) is 101 Å². The molecule has 0 heterocycles. The minimum Gasteiger partial charge on any atom is -0.368 e. The first kappa shape index (κ1) is 16.0. The van der Waals surface area contributed by atoms with Gasteiger partial charge in [0.2, 0.25) is 5.91 Å². The van der Waals surface area contributed by atoms with Gasteiger partial charge >= 0.3 is 6.03 Å². The molecule has 0 bridgehead atoms. The van der Waals surface area contributed by atoms with E-state index < -0.39 is 5.91 Å². The molecule has 110 valence electrons. The molecule has 1 aromatic rings. The second kappa shape index (κ2) is 6.91. The van der Waals surface area contributed by atoms with Gasteiger partial charge in [0.25, 0.3) is 0 Å². The van der Waals surface area contributed by atoms with E-state index >= 15 is 0 Å². The van der Waals surface area contributed by atoms with Gasteiger partial charge in [-0.05, 0) is 38.5 Å². The van der Waals surface area contributed by atoms with Gasteiger partial charge in [0, 0.05) is 17.8 Å². The first-order valence-electron chi connectivity index (χ1n) is 6.52. The number of hydrogen-bond donors (Lipinski definition) is 3. The Labute approximate surface area is 119 Å². The number of carbonyl (C=O) groups is 2. The zero-order valence-corrected chi connectivity index (χ0v) is 12.1. The predicted octanol–water partition coefficient (Wildman–Crippen LogP) is 1.43. The Morgan fingerprint density at radius 2 is 1.75 bits per heavy atom. The molecule has 3 amide bonds. The summed E-state index contributed by atoms with van der Waals surface area (Å²) in [6.45, 7) is 5.42. The van der Waals surface area contributed by atoms with Crippen molar-refractivity contribution < 1.29 is 9.59 Å². The highest BCUT2D eigenvalue weighted by molar-refractivity contribution is 5.92. The van der Waals surface area contributed by atoms with E-state index in [1.165, 1.54) is 4.90 Å². The van der Waals surface area contributed by atoms with Gasteiger partial charge in [-0.1, -0.05) is 12.1 Å². The van der Waals surface area contributed by atoms with Crippen LogP contribution in [0.2, 0.25) is 0 Å². The molecule has 0 aliphatic rings. The summed E-state index contributed by atoms with van der Waals surface area (Å²) in [6, 6.07) is 6.74. The van der Waals surface area contributed by atoms with Gasteiger partial charge in [0.15, 0.2) is 0 Å². The van der Waals surface area contributed by atoms with Gasteiger partial charge in [0.1, 0.15) is 6.54 Å². The summed E-state index contributed by atoms with van der Waals surface area (Å²) in [7, 11) is 0. The van der Waals surface area contributed by atoms with Gasteiger partial charge in [-0.3, -0.25) is 4.79 Å².